The van der Waals surface area contributed by atoms with Gasteiger partial charge in [-0.1, -0.05) is 48.5 Å². The van der Waals surface area contributed by atoms with Crippen LogP contribution in [0.2, 0.25) is 0 Å². The molecule has 0 aliphatic carbocycles. The monoisotopic (exact) mass is 341 g/mol. The molecule has 4 nitrogen and oxygen atoms in total. The van der Waals surface area contributed by atoms with E-state index in [1.807, 2.05) is 30.5 Å². The Hall–Kier alpha value is -2.40. The van der Waals surface area contributed by atoms with Gasteiger partial charge in [0.05, 0.1) is 6.04 Å². The highest BCUT2D eigenvalue weighted by molar-refractivity contribution is 7.98. The quantitative estimate of drug-likeness (QED) is 0.562. The smallest absolute Gasteiger partial charge is 0.207 e. The number of carbonyl (C=O) groups excluding carboxylic acids is 3. The van der Waals surface area contributed by atoms with Crippen LogP contribution in [0.4, 0.5) is 0 Å². The molecular weight excluding hydrogens is 322 g/mol. The maximum atomic E-state index is 12.5. The van der Waals surface area contributed by atoms with Crippen LogP contribution in [0.3, 0.4) is 0 Å². The van der Waals surface area contributed by atoms with Crippen molar-refractivity contribution < 1.29 is 14.4 Å². The van der Waals surface area contributed by atoms with Crippen LogP contribution in [0.15, 0.2) is 48.5 Å². The van der Waals surface area contributed by atoms with Gasteiger partial charge < -0.3 is 5.32 Å². The first-order chi connectivity index (χ1) is 11.7. The molecule has 0 aromatic heterocycles. The van der Waals surface area contributed by atoms with Crippen molar-refractivity contribution >= 4 is 30.2 Å². The molecule has 0 bridgehead atoms. The highest BCUT2D eigenvalue weighted by atomic mass is 32.2. The Morgan fingerprint density at radius 1 is 1.04 bits per heavy atom. The van der Waals surface area contributed by atoms with Crippen molar-refractivity contribution in [1.82, 2.24) is 5.32 Å². The third kappa shape index (κ3) is 4.55. The summed E-state index contributed by atoms with van der Waals surface area (Å²) in [5.74, 6) is 0.720. The normalized spacial score (nSPS) is 11.5. The summed E-state index contributed by atoms with van der Waals surface area (Å²) in [5.41, 5.74) is 3.14. The van der Waals surface area contributed by atoms with Crippen LogP contribution in [0.25, 0.3) is 11.1 Å². The fourth-order valence-electron chi connectivity index (χ4n) is 2.39. The Kier molecular flexibility index (Phi) is 6.75. The summed E-state index contributed by atoms with van der Waals surface area (Å²) in [6, 6.07) is 14.0. The minimum Gasteiger partial charge on any atom is -0.348 e. The third-order valence-electron chi connectivity index (χ3n) is 3.75. The number of rotatable bonds is 9. The lowest BCUT2D eigenvalue weighted by molar-refractivity contribution is -0.110. The highest BCUT2D eigenvalue weighted by Gasteiger charge is 2.18. The fourth-order valence-corrected chi connectivity index (χ4v) is 2.86. The number of carbonyl (C=O) groups is 3. The lowest BCUT2D eigenvalue weighted by Gasteiger charge is -2.14. The molecule has 5 heteroatoms. The molecule has 0 spiro atoms. The second-order valence-corrected chi connectivity index (χ2v) is 6.29. The van der Waals surface area contributed by atoms with Gasteiger partial charge >= 0.3 is 0 Å². The summed E-state index contributed by atoms with van der Waals surface area (Å²) in [6.07, 6.45) is 3.95. The molecule has 0 aliphatic rings. The van der Waals surface area contributed by atoms with Crippen molar-refractivity contribution in [3.63, 3.8) is 0 Å². The summed E-state index contributed by atoms with van der Waals surface area (Å²) in [5, 5.41) is 2.60. The second-order valence-electron chi connectivity index (χ2n) is 5.30. The number of benzene rings is 2. The lowest BCUT2D eigenvalue weighted by Crippen LogP contribution is -2.36. The molecule has 124 valence electrons. The van der Waals surface area contributed by atoms with E-state index in [1.165, 1.54) is 0 Å². The molecule has 1 amide bonds. The molecule has 0 fully saturated rings. The van der Waals surface area contributed by atoms with E-state index in [-0.39, 0.29) is 5.78 Å². The molecule has 2 aromatic carbocycles. The van der Waals surface area contributed by atoms with Crippen LogP contribution in [0.1, 0.15) is 27.1 Å². The van der Waals surface area contributed by atoms with Gasteiger partial charge in [0.25, 0.3) is 0 Å². The number of thioether (sulfide) groups is 1. The summed E-state index contributed by atoms with van der Waals surface area (Å²) in [4.78, 5) is 33.9. The van der Waals surface area contributed by atoms with Crippen molar-refractivity contribution in [3.8, 4) is 11.1 Å². The predicted molar refractivity (Wildman–Crippen MR) is 97.6 cm³/mol. The van der Waals surface area contributed by atoms with Crippen LogP contribution in [-0.2, 0) is 4.79 Å². The SMILES string of the molecule is CSCC[C@H](NC=O)C(=O)c1ccc(-c2ccc(C=O)cc2)cc1. The highest BCUT2D eigenvalue weighted by Crippen LogP contribution is 2.21. The van der Waals surface area contributed by atoms with Crippen LogP contribution in [0, 0.1) is 0 Å². The molecule has 0 saturated heterocycles. The number of ketones is 1. The maximum Gasteiger partial charge on any atom is 0.207 e. The Labute approximate surface area is 145 Å². The van der Waals surface area contributed by atoms with Gasteiger partial charge in [-0.15, -0.1) is 0 Å². The number of hydrogen-bond acceptors (Lipinski definition) is 4. The number of hydrogen-bond donors (Lipinski definition) is 1. The molecule has 2 aromatic rings. The standard InChI is InChI=1S/C19H19NO3S/c1-24-11-10-18(20-13-22)19(23)17-8-6-16(7-9-17)15-4-2-14(12-21)3-5-15/h2-9,12-13,18H,10-11H2,1H3,(H,20,22)/t18-/m0/s1. The first kappa shape index (κ1) is 17.9. The molecule has 24 heavy (non-hydrogen) atoms. The molecule has 0 saturated carbocycles. The molecule has 1 atom stereocenters. The average Bonchev–Trinajstić information content (AvgIpc) is 2.65. The summed E-state index contributed by atoms with van der Waals surface area (Å²) < 4.78 is 0. The molecule has 0 aliphatic heterocycles. The van der Waals surface area contributed by atoms with E-state index in [1.54, 1.807) is 36.0 Å². The van der Waals surface area contributed by atoms with E-state index in [0.717, 1.165) is 23.2 Å². The molecule has 0 radical (unpaired) electrons. The first-order valence-corrected chi connectivity index (χ1v) is 8.97. The minimum absolute atomic E-state index is 0.0843. The number of Topliss-reactive ketones (excluding diaryl/α,β-unsaturated/α-hetero) is 1. The van der Waals surface area contributed by atoms with Gasteiger partial charge in [-0.05, 0) is 29.6 Å². The van der Waals surface area contributed by atoms with Gasteiger partial charge in [-0.2, -0.15) is 11.8 Å². The van der Waals surface area contributed by atoms with Gasteiger partial charge in [0, 0.05) is 11.1 Å². The van der Waals surface area contributed by atoms with E-state index in [9.17, 15) is 14.4 Å². The Morgan fingerprint density at radius 3 is 2.12 bits per heavy atom. The first-order valence-electron chi connectivity index (χ1n) is 7.58. The zero-order valence-electron chi connectivity index (χ0n) is 13.4. The lowest BCUT2D eigenvalue weighted by atomic mass is 9.98. The van der Waals surface area contributed by atoms with Crippen molar-refractivity contribution in [2.75, 3.05) is 12.0 Å². The van der Waals surface area contributed by atoms with E-state index in [0.29, 0.717) is 24.0 Å². The van der Waals surface area contributed by atoms with Crippen LogP contribution >= 0.6 is 11.8 Å². The van der Waals surface area contributed by atoms with E-state index >= 15 is 0 Å². The van der Waals surface area contributed by atoms with Crippen molar-refractivity contribution in [2.24, 2.45) is 0 Å². The second kappa shape index (κ2) is 9.03. The summed E-state index contributed by atoms with van der Waals surface area (Å²) >= 11 is 1.64. The van der Waals surface area contributed by atoms with Gasteiger partial charge in [0.15, 0.2) is 5.78 Å². The summed E-state index contributed by atoms with van der Waals surface area (Å²) in [6.45, 7) is 0. The van der Waals surface area contributed by atoms with E-state index in [2.05, 4.69) is 5.32 Å². The fraction of sp³-hybridized carbons (Fsp3) is 0.211. The van der Waals surface area contributed by atoms with Crippen LogP contribution < -0.4 is 5.32 Å². The zero-order chi connectivity index (χ0) is 17.4. The molecule has 0 heterocycles. The predicted octanol–water partition coefficient (Wildman–Crippen LogP) is 3.22. The van der Waals surface area contributed by atoms with Gasteiger partial charge in [0.1, 0.15) is 6.29 Å². The van der Waals surface area contributed by atoms with Crippen molar-refractivity contribution in [2.45, 2.75) is 12.5 Å². The largest absolute Gasteiger partial charge is 0.348 e. The Morgan fingerprint density at radius 2 is 1.62 bits per heavy atom. The summed E-state index contributed by atoms with van der Waals surface area (Å²) in [7, 11) is 0. The molecule has 2 rings (SSSR count). The topological polar surface area (TPSA) is 63.2 Å². The van der Waals surface area contributed by atoms with Gasteiger partial charge in [-0.25, -0.2) is 0 Å². The van der Waals surface area contributed by atoms with Crippen molar-refractivity contribution in [1.29, 1.82) is 0 Å². The van der Waals surface area contributed by atoms with Gasteiger partial charge in [0.2, 0.25) is 6.41 Å². The number of nitrogens with one attached hydrogen (secondary N) is 1. The molecular formula is C19H19NO3S. The van der Waals surface area contributed by atoms with E-state index in [4.69, 9.17) is 0 Å². The Bertz CT molecular complexity index is 696. The third-order valence-corrected chi connectivity index (χ3v) is 4.39. The minimum atomic E-state index is -0.493. The molecule has 0 unspecified atom stereocenters. The zero-order valence-corrected chi connectivity index (χ0v) is 14.2. The average molecular weight is 341 g/mol. The number of amides is 1. The van der Waals surface area contributed by atoms with Crippen LogP contribution in [-0.4, -0.2) is 36.5 Å². The molecule has 1 N–H and O–H groups in total. The Balaban J connectivity index is 2.15. The van der Waals surface area contributed by atoms with Crippen molar-refractivity contribution in [3.05, 3.63) is 59.7 Å². The van der Waals surface area contributed by atoms with E-state index < -0.39 is 6.04 Å². The van der Waals surface area contributed by atoms with Crippen LogP contribution in [0.5, 0.6) is 0 Å². The van der Waals surface area contributed by atoms with Gasteiger partial charge in [-0.3, -0.25) is 14.4 Å². The number of aldehydes is 1. The maximum absolute atomic E-state index is 12.5.